The van der Waals surface area contributed by atoms with Crippen molar-refractivity contribution in [1.82, 2.24) is 9.80 Å². The van der Waals surface area contributed by atoms with Crippen LogP contribution in [0.25, 0.3) is 11.1 Å². The molecule has 1 unspecified atom stereocenters. The van der Waals surface area contributed by atoms with Gasteiger partial charge in [0.1, 0.15) is 5.82 Å². The second kappa shape index (κ2) is 7.83. The van der Waals surface area contributed by atoms with E-state index in [1.54, 1.807) is 6.07 Å². The number of piperazine rings is 1. The van der Waals surface area contributed by atoms with Crippen LogP contribution in [0, 0.1) is 11.2 Å². The number of fused-ring (bicyclic) bond motifs is 2. The fourth-order valence-electron chi connectivity index (χ4n) is 4.51. The lowest BCUT2D eigenvalue weighted by atomic mass is 9.90. The van der Waals surface area contributed by atoms with E-state index in [0.29, 0.717) is 11.6 Å². The molecular weight excluding hydrogens is 361 g/mol. The lowest BCUT2D eigenvalue weighted by Gasteiger charge is -2.43. The molecule has 29 heavy (non-hydrogen) atoms. The van der Waals surface area contributed by atoms with E-state index in [1.807, 2.05) is 18.2 Å². The van der Waals surface area contributed by atoms with Crippen molar-refractivity contribution < 1.29 is 4.39 Å². The number of allylic oxidation sites excluding steroid dienone is 1. The van der Waals surface area contributed by atoms with Gasteiger partial charge in [0.2, 0.25) is 0 Å². The number of benzene rings is 2. The van der Waals surface area contributed by atoms with E-state index >= 15 is 0 Å². The monoisotopic (exact) mass is 393 g/mol. The Morgan fingerprint density at radius 2 is 1.97 bits per heavy atom. The lowest BCUT2D eigenvalue weighted by Crippen LogP contribution is -2.53. The summed E-state index contributed by atoms with van der Waals surface area (Å²) < 4.78 is 14.3. The van der Waals surface area contributed by atoms with Crippen LogP contribution in [0.3, 0.4) is 0 Å². The van der Waals surface area contributed by atoms with Crippen LogP contribution in [-0.2, 0) is 6.54 Å². The molecule has 2 heterocycles. The van der Waals surface area contributed by atoms with E-state index in [1.165, 1.54) is 23.0 Å². The van der Waals surface area contributed by atoms with Gasteiger partial charge in [0, 0.05) is 55.7 Å². The van der Waals surface area contributed by atoms with Crippen LogP contribution in [0.1, 0.15) is 32.8 Å². The Kier molecular flexibility index (Phi) is 5.39. The predicted octanol–water partition coefficient (Wildman–Crippen LogP) is 5.35. The third kappa shape index (κ3) is 4.48. The molecule has 0 spiro atoms. The Morgan fingerprint density at radius 3 is 2.72 bits per heavy atom. The minimum atomic E-state index is -0.169. The number of halogens is 1. The van der Waals surface area contributed by atoms with Crippen molar-refractivity contribution in [2.75, 3.05) is 31.5 Å². The van der Waals surface area contributed by atoms with Gasteiger partial charge in [0.15, 0.2) is 0 Å². The smallest absolute Gasteiger partial charge is 0.131 e. The zero-order valence-corrected chi connectivity index (χ0v) is 17.8. The van der Waals surface area contributed by atoms with Crippen LogP contribution < -0.4 is 5.32 Å². The van der Waals surface area contributed by atoms with Gasteiger partial charge in [-0.1, -0.05) is 51.6 Å². The van der Waals surface area contributed by atoms with E-state index in [2.05, 4.69) is 54.6 Å². The van der Waals surface area contributed by atoms with Crippen LogP contribution in [-0.4, -0.2) is 42.0 Å². The number of nitrogens with one attached hydrogen (secondary N) is 1. The highest BCUT2D eigenvalue weighted by Crippen LogP contribution is 2.32. The standard InChI is InChI=1S/C25H32FN3/c1-18(14-25(2,3)4)28-11-12-29-16-20-13-19(22-7-5-6-8-23(22)26)9-10-24(20)27-15-21(29)17-28/h5-10,13,21,27H,1,11-12,14-17H2,2-4H3. The molecule has 1 saturated heterocycles. The van der Waals surface area contributed by atoms with Crippen molar-refractivity contribution in [3.63, 3.8) is 0 Å². The Morgan fingerprint density at radius 1 is 1.17 bits per heavy atom. The van der Waals surface area contributed by atoms with E-state index in [9.17, 15) is 4.39 Å². The van der Waals surface area contributed by atoms with Crippen molar-refractivity contribution >= 4 is 5.69 Å². The van der Waals surface area contributed by atoms with Crippen molar-refractivity contribution in [3.8, 4) is 11.1 Å². The molecule has 3 nitrogen and oxygen atoms in total. The zero-order valence-electron chi connectivity index (χ0n) is 17.8. The first-order chi connectivity index (χ1) is 13.8. The van der Waals surface area contributed by atoms with Gasteiger partial charge in [0.25, 0.3) is 0 Å². The van der Waals surface area contributed by atoms with E-state index < -0.39 is 0 Å². The number of hydrogen-bond acceptors (Lipinski definition) is 3. The fraction of sp³-hybridized carbons (Fsp3) is 0.440. The third-order valence-electron chi connectivity index (χ3n) is 5.98. The molecule has 154 valence electrons. The Hall–Kier alpha value is -2.33. The predicted molar refractivity (Wildman–Crippen MR) is 119 cm³/mol. The summed E-state index contributed by atoms with van der Waals surface area (Å²) in [5.41, 5.74) is 5.53. The molecule has 1 N–H and O–H groups in total. The van der Waals surface area contributed by atoms with E-state index in [-0.39, 0.29) is 11.2 Å². The van der Waals surface area contributed by atoms with Crippen LogP contribution >= 0.6 is 0 Å². The summed E-state index contributed by atoms with van der Waals surface area (Å²) in [5, 5.41) is 3.63. The first kappa shape index (κ1) is 20.0. The Bertz CT molecular complexity index is 899. The van der Waals surface area contributed by atoms with Crippen molar-refractivity contribution in [2.24, 2.45) is 5.41 Å². The Balaban J connectivity index is 1.50. The molecule has 1 fully saturated rings. The highest BCUT2D eigenvalue weighted by molar-refractivity contribution is 5.69. The second-order valence-corrected chi connectivity index (χ2v) is 9.61. The maximum absolute atomic E-state index is 14.3. The highest BCUT2D eigenvalue weighted by atomic mass is 19.1. The second-order valence-electron chi connectivity index (χ2n) is 9.61. The highest BCUT2D eigenvalue weighted by Gasteiger charge is 2.31. The average Bonchev–Trinajstić information content (AvgIpc) is 2.85. The van der Waals surface area contributed by atoms with Gasteiger partial charge in [-0.15, -0.1) is 0 Å². The molecule has 0 amide bonds. The van der Waals surface area contributed by atoms with Crippen LogP contribution in [0.4, 0.5) is 10.1 Å². The summed E-state index contributed by atoms with van der Waals surface area (Å²) in [6, 6.07) is 13.7. The molecule has 0 bridgehead atoms. The lowest BCUT2D eigenvalue weighted by molar-refractivity contribution is 0.0917. The van der Waals surface area contributed by atoms with Gasteiger partial charge >= 0.3 is 0 Å². The topological polar surface area (TPSA) is 18.5 Å². The number of nitrogens with zero attached hydrogens (tertiary/aromatic N) is 2. The molecule has 2 aromatic rings. The number of hydrogen-bond donors (Lipinski definition) is 1. The molecule has 2 aliphatic heterocycles. The van der Waals surface area contributed by atoms with Gasteiger partial charge in [-0.05, 0) is 41.2 Å². The molecule has 2 aromatic carbocycles. The zero-order chi connectivity index (χ0) is 20.6. The summed E-state index contributed by atoms with van der Waals surface area (Å²) in [6.45, 7) is 16.1. The molecule has 2 aliphatic rings. The summed E-state index contributed by atoms with van der Waals surface area (Å²) in [7, 11) is 0. The summed E-state index contributed by atoms with van der Waals surface area (Å²) in [4.78, 5) is 5.03. The molecule has 0 aliphatic carbocycles. The summed E-state index contributed by atoms with van der Waals surface area (Å²) in [6.07, 6.45) is 1.03. The number of anilines is 1. The Labute approximate surface area is 174 Å². The van der Waals surface area contributed by atoms with E-state index in [4.69, 9.17) is 0 Å². The maximum atomic E-state index is 14.3. The third-order valence-corrected chi connectivity index (χ3v) is 5.98. The molecular formula is C25H32FN3. The van der Waals surface area contributed by atoms with Crippen molar-refractivity contribution in [2.45, 2.75) is 39.8 Å². The van der Waals surface area contributed by atoms with Crippen molar-refractivity contribution in [1.29, 1.82) is 0 Å². The molecule has 0 saturated carbocycles. The van der Waals surface area contributed by atoms with Crippen LogP contribution in [0.2, 0.25) is 0 Å². The summed E-state index contributed by atoms with van der Waals surface area (Å²) in [5.74, 6) is -0.169. The fourth-order valence-corrected chi connectivity index (χ4v) is 4.51. The molecule has 4 rings (SSSR count). The van der Waals surface area contributed by atoms with Crippen LogP contribution in [0.5, 0.6) is 0 Å². The minimum Gasteiger partial charge on any atom is -0.383 e. The SMILES string of the molecule is C=C(CC(C)(C)C)N1CCN2Cc3cc(-c4ccccc4F)ccc3NCC2C1. The van der Waals surface area contributed by atoms with E-state index in [0.717, 1.165) is 44.7 Å². The first-order valence-electron chi connectivity index (χ1n) is 10.6. The average molecular weight is 394 g/mol. The van der Waals surface area contributed by atoms with Gasteiger partial charge in [-0.3, -0.25) is 4.90 Å². The van der Waals surface area contributed by atoms with Crippen molar-refractivity contribution in [3.05, 3.63) is 66.1 Å². The van der Waals surface area contributed by atoms with Gasteiger partial charge in [-0.2, -0.15) is 0 Å². The number of rotatable bonds is 3. The minimum absolute atomic E-state index is 0.169. The van der Waals surface area contributed by atoms with Gasteiger partial charge < -0.3 is 10.2 Å². The quantitative estimate of drug-likeness (QED) is 0.758. The molecule has 4 heteroatoms. The molecule has 1 atom stereocenters. The summed E-state index contributed by atoms with van der Waals surface area (Å²) >= 11 is 0. The molecule has 0 aromatic heterocycles. The van der Waals surface area contributed by atoms with Crippen LogP contribution in [0.15, 0.2) is 54.7 Å². The largest absolute Gasteiger partial charge is 0.383 e. The first-order valence-corrected chi connectivity index (χ1v) is 10.6. The normalized spacial score (nSPS) is 19.7. The molecule has 0 radical (unpaired) electrons. The maximum Gasteiger partial charge on any atom is 0.131 e. The van der Waals surface area contributed by atoms with Gasteiger partial charge in [-0.25, -0.2) is 4.39 Å². The van der Waals surface area contributed by atoms with Gasteiger partial charge in [0.05, 0.1) is 0 Å².